The van der Waals surface area contributed by atoms with Crippen LogP contribution in [0.5, 0.6) is 0 Å². The van der Waals surface area contributed by atoms with E-state index in [9.17, 15) is 9.59 Å². The molecule has 2 aromatic carbocycles. The van der Waals surface area contributed by atoms with Gasteiger partial charge in [-0.05, 0) is 37.1 Å². The Kier molecular flexibility index (Phi) is 6.83. The molecule has 0 spiro atoms. The monoisotopic (exact) mass is 359 g/mol. The van der Waals surface area contributed by atoms with E-state index >= 15 is 0 Å². The fraction of sp³-hybridized carbons (Fsp3) is 0.263. The van der Waals surface area contributed by atoms with Crippen LogP contribution in [0, 0.1) is 6.92 Å². The molecule has 0 bridgehead atoms. The van der Waals surface area contributed by atoms with Crippen LogP contribution in [-0.4, -0.2) is 18.5 Å². The van der Waals surface area contributed by atoms with Crippen molar-refractivity contribution in [1.82, 2.24) is 16.0 Å². The van der Waals surface area contributed by atoms with Gasteiger partial charge >= 0.3 is 6.03 Å². The Hall–Kier alpha value is -2.53. The molecular formula is C19H22ClN3O2. The minimum atomic E-state index is -0.380. The molecule has 0 unspecified atom stereocenters. The van der Waals surface area contributed by atoms with E-state index in [4.69, 9.17) is 11.6 Å². The molecule has 2 aromatic rings. The van der Waals surface area contributed by atoms with E-state index in [2.05, 4.69) is 16.0 Å². The number of benzene rings is 2. The van der Waals surface area contributed by atoms with Crippen molar-refractivity contribution >= 4 is 23.5 Å². The Morgan fingerprint density at radius 2 is 1.64 bits per heavy atom. The van der Waals surface area contributed by atoms with Gasteiger partial charge in [-0.1, -0.05) is 53.6 Å². The maximum Gasteiger partial charge on any atom is 0.315 e. The molecular weight excluding hydrogens is 338 g/mol. The van der Waals surface area contributed by atoms with Gasteiger partial charge in [0.1, 0.15) is 0 Å². The third kappa shape index (κ3) is 6.47. The first-order valence-electron chi connectivity index (χ1n) is 8.06. The Bertz CT molecular complexity index is 714. The first-order chi connectivity index (χ1) is 11.9. The quantitative estimate of drug-likeness (QED) is 0.740. The second-order valence-electron chi connectivity index (χ2n) is 5.86. The van der Waals surface area contributed by atoms with Crippen LogP contribution >= 0.6 is 11.6 Å². The molecule has 0 aliphatic heterocycles. The summed E-state index contributed by atoms with van der Waals surface area (Å²) < 4.78 is 0. The molecule has 1 atom stereocenters. The fourth-order valence-corrected chi connectivity index (χ4v) is 2.36. The number of carbonyl (C=O) groups is 2. The molecule has 0 radical (unpaired) electrons. The topological polar surface area (TPSA) is 70.2 Å². The molecule has 0 aromatic heterocycles. The molecule has 0 saturated carbocycles. The van der Waals surface area contributed by atoms with Crippen LogP contribution in [0.25, 0.3) is 0 Å². The van der Waals surface area contributed by atoms with Crippen LogP contribution in [0.15, 0.2) is 48.5 Å². The van der Waals surface area contributed by atoms with Crippen molar-refractivity contribution in [1.29, 1.82) is 0 Å². The predicted octanol–water partition coefficient (Wildman–Crippen LogP) is 3.33. The van der Waals surface area contributed by atoms with Gasteiger partial charge in [-0.15, -0.1) is 0 Å². The maximum atomic E-state index is 11.9. The van der Waals surface area contributed by atoms with Crippen molar-refractivity contribution in [3.63, 3.8) is 0 Å². The summed E-state index contributed by atoms with van der Waals surface area (Å²) in [5.41, 5.74) is 3.11. The second kappa shape index (κ2) is 9.08. The van der Waals surface area contributed by atoms with Crippen molar-refractivity contribution in [2.45, 2.75) is 26.4 Å². The summed E-state index contributed by atoms with van der Waals surface area (Å²) in [5, 5.41) is 8.74. The Labute approximate surface area is 152 Å². The molecule has 2 rings (SSSR count). The standard InChI is InChI=1S/C19H22ClN3O2/c1-13-3-5-15(6-4-13)11-21-19(25)22-12-18(24)23-14(2)16-7-9-17(20)10-8-16/h3-10,14H,11-12H2,1-2H3,(H,23,24)(H2,21,22,25)/t14-/m0/s1. The highest BCUT2D eigenvalue weighted by molar-refractivity contribution is 6.30. The molecule has 0 aliphatic rings. The van der Waals surface area contributed by atoms with E-state index in [0.717, 1.165) is 11.1 Å². The highest BCUT2D eigenvalue weighted by Crippen LogP contribution is 2.15. The molecule has 0 fully saturated rings. The Morgan fingerprint density at radius 1 is 1.00 bits per heavy atom. The van der Waals surface area contributed by atoms with Gasteiger partial charge < -0.3 is 16.0 Å². The lowest BCUT2D eigenvalue weighted by Crippen LogP contribution is -2.42. The van der Waals surface area contributed by atoms with Crippen molar-refractivity contribution < 1.29 is 9.59 Å². The van der Waals surface area contributed by atoms with E-state index in [1.165, 1.54) is 5.56 Å². The number of halogens is 1. The molecule has 6 heteroatoms. The third-order valence-corrected chi connectivity index (χ3v) is 3.98. The van der Waals surface area contributed by atoms with Gasteiger partial charge in [-0.25, -0.2) is 4.79 Å². The average molecular weight is 360 g/mol. The van der Waals surface area contributed by atoms with Gasteiger partial charge in [0.15, 0.2) is 0 Å². The van der Waals surface area contributed by atoms with E-state index in [1.54, 1.807) is 12.1 Å². The number of hydrogen-bond acceptors (Lipinski definition) is 2. The zero-order valence-corrected chi connectivity index (χ0v) is 15.1. The summed E-state index contributed by atoms with van der Waals surface area (Å²) in [6.45, 7) is 4.21. The highest BCUT2D eigenvalue weighted by Gasteiger charge is 2.10. The molecule has 5 nitrogen and oxygen atoms in total. The number of hydrogen-bond donors (Lipinski definition) is 3. The molecule has 132 valence electrons. The SMILES string of the molecule is Cc1ccc(CNC(=O)NCC(=O)N[C@@H](C)c2ccc(Cl)cc2)cc1. The van der Waals surface area contributed by atoms with Gasteiger partial charge in [-0.3, -0.25) is 4.79 Å². The predicted molar refractivity (Wildman–Crippen MR) is 99.4 cm³/mol. The smallest absolute Gasteiger partial charge is 0.315 e. The summed E-state index contributed by atoms with van der Waals surface area (Å²) in [5.74, 6) is -0.257. The zero-order valence-electron chi connectivity index (χ0n) is 14.3. The summed E-state index contributed by atoms with van der Waals surface area (Å²) >= 11 is 5.85. The molecule has 3 N–H and O–H groups in total. The minimum Gasteiger partial charge on any atom is -0.348 e. The normalized spacial score (nSPS) is 11.5. The van der Waals surface area contributed by atoms with Gasteiger partial charge in [0.2, 0.25) is 5.91 Å². The number of urea groups is 1. The van der Waals surface area contributed by atoms with E-state index in [-0.39, 0.29) is 24.5 Å². The molecule has 0 aliphatic carbocycles. The van der Waals surface area contributed by atoms with Crippen molar-refractivity contribution in [2.75, 3.05) is 6.54 Å². The highest BCUT2D eigenvalue weighted by atomic mass is 35.5. The van der Waals surface area contributed by atoms with Crippen LogP contribution in [0.1, 0.15) is 29.7 Å². The number of nitrogens with one attached hydrogen (secondary N) is 3. The minimum absolute atomic E-state index is 0.0857. The molecule has 0 saturated heterocycles. The zero-order chi connectivity index (χ0) is 18.2. The van der Waals surface area contributed by atoms with Crippen LogP contribution in [0.4, 0.5) is 4.79 Å². The fourth-order valence-electron chi connectivity index (χ4n) is 2.24. The third-order valence-electron chi connectivity index (χ3n) is 3.73. The average Bonchev–Trinajstić information content (AvgIpc) is 2.60. The Morgan fingerprint density at radius 3 is 2.28 bits per heavy atom. The largest absolute Gasteiger partial charge is 0.348 e. The lowest BCUT2D eigenvalue weighted by Gasteiger charge is -2.15. The molecule has 25 heavy (non-hydrogen) atoms. The van der Waals surface area contributed by atoms with E-state index in [1.807, 2.05) is 50.2 Å². The summed E-state index contributed by atoms with van der Waals surface area (Å²) in [7, 11) is 0. The van der Waals surface area contributed by atoms with Gasteiger partial charge in [0.25, 0.3) is 0 Å². The molecule has 0 heterocycles. The number of aryl methyl sites for hydroxylation is 1. The number of carbonyl (C=O) groups excluding carboxylic acids is 2. The van der Waals surface area contributed by atoms with Crippen LogP contribution < -0.4 is 16.0 Å². The van der Waals surface area contributed by atoms with Gasteiger partial charge in [0.05, 0.1) is 12.6 Å². The van der Waals surface area contributed by atoms with Crippen molar-refractivity contribution in [3.05, 3.63) is 70.2 Å². The van der Waals surface area contributed by atoms with Gasteiger partial charge in [0, 0.05) is 11.6 Å². The summed E-state index contributed by atoms with van der Waals surface area (Å²) in [4.78, 5) is 23.7. The van der Waals surface area contributed by atoms with Gasteiger partial charge in [-0.2, -0.15) is 0 Å². The van der Waals surface area contributed by atoms with Crippen molar-refractivity contribution in [3.8, 4) is 0 Å². The summed E-state index contributed by atoms with van der Waals surface area (Å²) in [6.07, 6.45) is 0. The number of rotatable bonds is 6. The van der Waals surface area contributed by atoms with E-state index < -0.39 is 0 Å². The first kappa shape index (κ1) is 18.8. The first-order valence-corrected chi connectivity index (χ1v) is 8.44. The van der Waals surface area contributed by atoms with Crippen LogP contribution in [0.3, 0.4) is 0 Å². The Balaban J connectivity index is 1.70. The maximum absolute atomic E-state index is 11.9. The second-order valence-corrected chi connectivity index (χ2v) is 6.30. The van der Waals surface area contributed by atoms with Crippen LogP contribution in [0.2, 0.25) is 5.02 Å². The van der Waals surface area contributed by atoms with Crippen molar-refractivity contribution in [2.24, 2.45) is 0 Å². The van der Waals surface area contributed by atoms with E-state index in [0.29, 0.717) is 11.6 Å². The molecule has 3 amide bonds. The lowest BCUT2D eigenvalue weighted by molar-refractivity contribution is -0.120. The van der Waals surface area contributed by atoms with Crippen LogP contribution in [-0.2, 0) is 11.3 Å². The number of amides is 3. The lowest BCUT2D eigenvalue weighted by atomic mass is 10.1. The summed E-state index contributed by atoms with van der Waals surface area (Å²) in [6, 6.07) is 14.6.